The van der Waals surface area contributed by atoms with Crippen LogP contribution < -0.4 is 5.32 Å². The van der Waals surface area contributed by atoms with Gasteiger partial charge in [0.25, 0.3) is 0 Å². The van der Waals surface area contributed by atoms with E-state index in [-0.39, 0.29) is 23.8 Å². The Labute approximate surface area is 124 Å². The van der Waals surface area contributed by atoms with Crippen molar-refractivity contribution in [1.29, 1.82) is 10.5 Å². The molecule has 1 amide bonds. The van der Waals surface area contributed by atoms with Gasteiger partial charge in [0.15, 0.2) is 0 Å². The molecule has 0 fully saturated rings. The fourth-order valence-corrected chi connectivity index (χ4v) is 2.01. The molecular formula is C16H18FN3O. The molecule has 1 N–H and O–H groups in total. The minimum absolute atomic E-state index is 0.0820. The first-order chi connectivity index (χ1) is 10.0. The number of nitriles is 2. The number of halogens is 1. The lowest BCUT2D eigenvalue weighted by molar-refractivity contribution is -0.125. The van der Waals surface area contributed by atoms with E-state index in [2.05, 4.69) is 5.32 Å². The second-order valence-electron chi connectivity index (χ2n) is 5.00. The van der Waals surface area contributed by atoms with Gasteiger partial charge in [0, 0.05) is 12.3 Å². The van der Waals surface area contributed by atoms with Crippen LogP contribution in [0.2, 0.25) is 0 Å². The van der Waals surface area contributed by atoms with Crippen molar-refractivity contribution in [2.75, 3.05) is 0 Å². The van der Waals surface area contributed by atoms with Gasteiger partial charge in [-0.25, -0.2) is 4.39 Å². The van der Waals surface area contributed by atoms with Crippen LogP contribution in [-0.4, -0.2) is 11.9 Å². The lowest BCUT2D eigenvalue weighted by Crippen LogP contribution is -2.38. The smallest absolute Gasteiger partial charge is 0.223 e. The molecule has 1 rings (SSSR count). The van der Waals surface area contributed by atoms with Crippen LogP contribution in [0.15, 0.2) is 18.2 Å². The molecule has 0 saturated carbocycles. The van der Waals surface area contributed by atoms with E-state index in [9.17, 15) is 9.18 Å². The summed E-state index contributed by atoms with van der Waals surface area (Å²) in [6, 6.07) is 7.14. The summed E-state index contributed by atoms with van der Waals surface area (Å²) in [6.07, 6.45) is 1.71. The maximum absolute atomic E-state index is 13.8. The monoisotopic (exact) mass is 287 g/mol. The first-order valence-corrected chi connectivity index (χ1v) is 6.90. The third-order valence-electron chi connectivity index (χ3n) is 3.25. The van der Waals surface area contributed by atoms with Gasteiger partial charge in [-0.15, -0.1) is 0 Å². The van der Waals surface area contributed by atoms with Gasteiger partial charge in [-0.05, 0) is 24.1 Å². The minimum Gasteiger partial charge on any atom is -0.340 e. The van der Waals surface area contributed by atoms with Crippen molar-refractivity contribution < 1.29 is 9.18 Å². The van der Waals surface area contributed by atoms with E-state index in [0.717, 1.165) is 18.9 Å². The summed E-state index contributed by atoms with van der Waals surface area (Å²) in [7, 11) is 0. The van der Waals surface area contributed by atoms with E-state index in [1.165, 1.54) is 12.1 Å². The number of nitrogens with one attached hydrogen (secondary N) is 1. The molecule has 0 aliphatic heterocycles. The third kappa shape index (κ3) is 4.89. The highest BCUT2D eigenvalue weighted by atomic mass is 19.1. The molecular weight excluding hydrogens is 269 g/mol. The van der Waals surface area contributed by atoms with E-state index in [1.54, 1.807) is 6.92 Å². The number of rotatable bonds is 6. The highest BCUT2D eigenvalue weighted by molar-refractivity contribution is 5.78. The van der Waals surface area contributed by atoms with Gasteiger partial charge in [-0.1, -0.05) is 26.3 Å². The number of benzene rings is 1. The average molecular weight is 287 g/mol. The molecule has 2 unspecified atom stereocenters. The standard InChI is InChI=1S/C16H18FN3O/c1-3-4-11(2)16(21)20-14(10-19)8-13-6-5-12(9-18)7-15(13)17/h5-7,11,14H,3-4,8H2,1-2H3,(H,20,21). The van der Waals surface area contributed by atoms with Gasteiger partial charge < -0.3 is 5.32 Å². The van der Waals surface area contributed by atoms with Crippen LogP contribution in [0.5, 0.6) is 0 Å². The predicted molar refractivity (Wildman–Crippen MR) is 76.4 cm³/mol. The summed E-state index contributed by atoms with van der Waals surface area (Å²) >= 11 is 0. The second kappa shape index (κ2) is 8.01. The van der Waals surface area contributed by atoms with Gasteiger partial charge in [-0.2, -0.15) is 10.5 Å². The average Bonchev–Trinajstić information content (AvgIpc) is 2.48. The first kappa shape index (κ1) is 16.7. The molecule has 1 aromatic carbocycles. The van der Waals surface area contributed by atoms with Gasteiger partial charge in [0.05, 0.1) is 17.7 Å². The van der Waals surface area contributed by atoms with E-state index in [1.807, 2.05) is 19.1 Å². The molecule has 21 heavy (non-hydrogen) atoms. The Bertz CT molecular complexity index is 586. The number of amides is 1. The fraction of sp³-hybridized carbons (Fsp3) is 0.438. The van der Waals surface area contributed by atoms with Gasteiger partial charge in [0.1, 0.15) is 11.9 Å². The Balaban J connectivity index is 2.73. The SMILES string of the molecule is CCCC(C)C(=O)NC(C#N)Cc1ccc(C#N)cc1F. The van der Waals surface area contributed by atoms with Gasteiger partial charge >= 0.3 is 0 Å². The Hall–Kier alpha value is -2.40. The largest absolute Gasteiger partial charge is 0.340 e. The predicted octanol–water partition coefficient (Wildman–Crippen LogP) is 2.68. The molecule has 0 aliphatic rings. The summed E-state index contributed by atoms with van der Waals surface area (Å²) in [5.74, 6) is -0.903. The number of carbonyl (C=O) groups excluding carboxylic acids is 1. The van der Waals surface area contributed by atoms with Gasteiger partial charge in [0.2, 0.25) is 5.91 Å². The van der Waals surface area contributed by atoms with Crippen molar-refractivity contribution >= 4 is 5.91 Å². The lowest BCUT2D eigenvalue weighted by Gasteiger charge is -2.15. The summed E-state index contributed by atoms with van der Waals surface area (Å²) < 4.78 is 13.8. The zero-order chi connectivity index (χ0) is 15.8. The minimum atomic E-state index is -0.778. The van der Waals surface area contributed by atoms with Crippen molar-refractivity contribution in [2.24, 2.45) is 5.92 Å². The normalized spacial score (nSPS) is 12.8. The quantitative estimate of drug-likeness (QED) is 0.873. The fourth-order valence-electron chi connectivity index (χ4n) is 2.01. The Morgan fingerprint density at radius 1 is 1.43 bits per heavy atom. The van der Waals surface area contributed by atoms with Crippen molar-refractivity contribution in [3.05, 3.63) is 35.1 Å². The summed E-state index contributed by atoms with van der Waals surface area (Å²) in [5.41, 5.74) is 0.536. The Kier molecular flexibility index (Phi) is 6.36. The molecule has 110 valence electrons. The van der Waals surface area contributed by atoms with E-state index < -0.39 is 11.9 Å². The lowest BCUT2D eigenvalue weighted by atomic mass is 10.0. The zero-order valence-electron chi connectivity index (χ0n) is 12.2. The van der Waals surface area contributed by atoms with E-state index in [0.29, 0.717) is 5.56 Å². The van der Waals surface area contributed by atoms with Crippen LogP contribution in [0, 0.1) is 34.4 Å². The molecule has 2 atom stereocenters. The summed E-state index contributed by atoms with van der Waals surface area (Å²) in [5, 5.41) is 20.4. The van der Waals surface area contributed by atoms with E-state index >= 15 is 0 Å². The van der Waals surface area contributed by atoms with Crippen molar-refractivity contribution in [3.63, 3.8) is 0 Å². The number of hydrogen-bond acceptors (Lipinski definition) is 3. The Morgan fingerprint density at radius 2 is 2.14 bits per heavy atom. The molecule has 0 aromatic heterocycles. The van der Waals surface area contributed by atoms with Crippen LogP contribution >= 0.6 is 0 Å². The number of carbonyl (C=O) groups is 1. The summed E-state index contributed by atoms with van der Waals surface area (Å²) in [6.45, 7) is 3.78. The maximum Gasteiger partial charge on any atom is 0.223 e. The molecule has 0 heterocycles. The zero-order valence-corrected chi connectivity index (χ0v) is 12.2. The van der Waals surface area contributed by atoms with Crippen LogP contribution in [0.3, 0.4) is 0 Å². The van der Waals surface area contributed by atoms with Crippen molar-refractivity contribution in [2.45, 2.75) is 39.2 Å². The Morgan fingerprint density at radius 3 is 2.67 bits per heavy atom. The molecule has 0 bridgehead atoms. The van der Waals surface area contributed by atoms with E-state index in [4.69, 9.17) is 10.5 Å². The third-order valence-corrected chi connectivity index (χ3v) is 3.25. The van der Waals surface area contributed by atoms with Gasteiger partial charge in [-0.3, -0.25) is 4.79 Å². The van der Waals surface area contributed by atoms with Crippen LogP contribution in [-0.2, 0) is 11.2 Å². The molecule has 5 heteroatoms. The molecule has 0 saturated heterocycles. The number of nitrogens with zero attached hydrogens (tertiary/aromatic N) is 2. The van der Waals surface area contributed by atoms with Crippen molar-refractivity contribution in [1.82, 2.24) is 5.32 Å². The highest BCUT2D eigenvalue weighted by Gasteiger charge is 2.18. The first-order valence-electron chi connectivity index (χ1n) is 6.90. The maximum atomic E-state index is 13.8. The molecule has 0 radical (unpaired) electrons. The molecule has 4 nitrogen and oxygen atoms in total. The summed E-state index contributed by atoms with van der Waals surface area (Å²) in [4.78, 5) is 11.9. The van der Waals surface area contributed by atoms with Crippen LogP contribution in [0.25, 0.3) is 0 Å². The highest BCUT2D eigenvalue weighted by Crippen LogP contribution is 2.13. The second-order valence-corrected chi connectivity index (χ2v) is 5.00. The molecule has 0 spiro atoms. The van der Waals surface area contributed by atoms with Crippen molar-refractivity contribution in [3.8, 4) is 12.1 Å². The van der Waals surface area contributed by atoms with Crippen LogP contribution in [0.1, 0.15) is 37.8 Å². The number of hydrogen-bond donors (Lipinski definition) is 1. The molecule has 0 aliphatic carbocycles. The van der Waals surface area contributed by atoms with Crippen LogP contribution in [0.4, 0.5) is 4.39 Å². The molecule has 1 aromatic rings. The topological polar surface area (TPSA) is 76.7 Å².